The molecule has 0 spiro atoms. The van der Waals surface area contributed by atoms with E-state index in [0.717, 1.165) is 22.9 Å². The van der Waals surface area contributed by atoms with Gasteiger partial charge in [0.2, 0.25) is 0 Å². The Bertz CT molecular complexity index is 555. The Morgan fingerprint density at radius 1 is 1.33 bits per heavy atom. The minimum absolute atomic E-state index is 0.0688. The van der Waals surface area contributed by atoms with Gasteiger partial charge in [-0.05, 0) is 36.0 Å². The summed E-state index contributed by atoms with van der Waals surface area (Å²) >= 11 is 3.46. The Balaban J connectivity index is 2.69. The molecule has 0 aliphatic heterocycles. The van der Waals surface area contributed by atoms with Gasteiger partial charge in [-0.3, -0.25) is 4.55 Å². The van der Waals surface area contributed by atoms with E-state index in [2.05, 4.69) is 29.8 Å². The van der Waals surface area contributed by atoms with Crippen LogP contribution in [0, 0.1) is 5.41 Å². The van der Waals surface area contributed by atoms with Crippen molar-refractivity contribution in [3.63, 3.8) is 0 Å². The van der Waals surface area contributed by atoms with Crippen LogP contribution in [0.4, 0.5) is 0 Å². The normalized spacial score (nSPS) is 14.1. The first kappa shape index (κ1) is 18.6. The van der Waals surface area contributed by atoms with Gasteiger partial charge in [-0.25, -0.2) is 0 Å². The number of unbranched alkanes of at least 4 members (excludes halogenated alkanes) is 1. The van der Waals surface area contributed by atoms with Crippen molar-refractivity contribution in [2.45, 2.75) is 39.2 Å². The van der Waals surface area contributed by atoms with Crippen LogP contribution >= 0.6 is 15.9 Å². The van der Waals surface area contributed by atoms with Crippen LogP contribution in [0.15, 0.2) is 28.7 Å². The summed E-state index contributed by atoms with van der Waals surface area (Å²) in [6.07, 6.45) is 1.92. The zero-order valence-corrected chi connectivity index (χ0v) is 15.1. The molecule has 0 fully saturated rings. The van der Waals surface area contributed by atoms with Crippen LogP contribution in [0.3, 0.4) is 0 Å². The molecule has 1 N–H and O–H groups in total. The summed E-state index contributed by atoms with van der Waals surface area (Å²) in [7, 11) is -2.18. The van der Waals surface area contributed by atoms with Gasteiger partial charge in [0.25, 0.3) is 10.1 Å². The highest BCUT2D eigenvalue weighted by atomic mass is 79.9. The smallest absolute Gasteiger partial charge is 0.264 e. The number of methoxy groups -OCH3 is 1. The van der Waals surface area contributed by atoms with Gasteiger partial charge in [-0.15, -0.1) is 0 Å². The summed E-state index contributed by atoms with van der Waals surface area (Å²) in [5.41, 5.74) is 0.959. The maximum Gasteiger partial charge on any atom is 0.264 e. The molecular formula is C15H23BrO4S. The van der Waals surface area contributed by atoms with Gasteiger partial charge >= 0.3 is 0 Å². The van der Waals surface area contributed by atoms with Gasteiger partial charge in [0.1, 0.15) is 0 Å². The highest BCUT2D eigenvalue weighted by Gasteiger charge is 2.30. The van der Waals surface area contributed by atoms with E-state index in [4.69, 9.17) is 9.29 Å². The average molecular weight is 379 g/mol. The topological polar surface area (TPSA) is 63.6 Å². The highest BCUT2D eigenvalue weighted by molar-refractivity contribution is 9.10. The Hall–Kier alpha value is -0.430. The van der Waals surface area contributed by atoms with E-state index in [0.29, 0.717) is 6.42 Å². The molecule has 1 aromatic rings. The van der Waals surface area contributed by atoms with E-state index >= 15 is 0 Å². The molecule has 1 rings (SSSR count). The average Bonchev–Trinajstić information content (AvgIpc) is 2.34. The van der Waals surface area contributed by atoms with Crippen LogP contribution in [0.2, 0.25) is 0 Å². The predicted octanol–water partition coefficient (Wildman–Crippen LogP) is 4.22. The van der Waals surface area contributed by atoms with Gasteiger partial charge < -0.3 is 4.74 Å². The van der Waals surface area contributed by atoms with E-state index in [1.54, 1.807) is 7.11 Å². The van der Waals surface area contributed by atoms with E-state index < -0.39 is 10.1 Å². The Morgan fingerprint density at radius 2 is 2.00 bits per heavy atom. The third-order valence-corrected chi connectivity index (χ3v) is 4.87. The second kappa shape index (κ2) is 7.72. The van der Waals surface area contributed by atoms with Crippen molar-refractivity contribution in [3.05, 3.63) is 34.3 Å². The van der Waals surface area contributed by atoms with Crippen molar-refractivity contribution in [1.29, 1.82) is 0 Å². The van der Waals surface area contributed by atoms with Crippen LogP contribution in [-0.4, -0.2) is 25.8 Å². The first-order chi connectivity index (χ1) is 9.65. The quantitative estimate of drug-likeness (QED) is 0.543. The molecule has 0 saturated carbocycles. The molecule has 0 bridgehead atoms. The Labute approximate surface area is 135 Å². The highest BCUT2D eigenvalue weighted by Crippen LogP contribution is 2.40. The fourth-order valence-electron chi connectivity index (χ4n) is 2.57. The van der Waals surface area contributed by atoms with E-state index in [9.17, 15) is 8.42 Å². The zero-order chi connectivity index (χ0) is 16.1. The van der Waals surface area contributed by atoms with Gasteiger partial charge in [-0.2, -0.15) is 8.42 Å². The fourth-order valence-corrected chi connectivity index (χ4v) is 3.56. The predicted molar refractivity (Wildman–Crippen MR) is 87.9 cm³/mol. The van der Waals surface area contributed by atoms with E-state index in [1.807, 2.05) is 24.3 Å². The molecule has 6 heteroatoms. The van der Waals surface area contributed by atoms with Crippen LogP contribution < -0.4 is 0 Å². The first-order valence-corrected chi connectivity index (χ1v) is 9.29. The number of halogens is 1. The SMILES string of the molecule is COC(c1cccc(Br)c1)C(C)(C)CCCCS(=O)(=O)O. The molecule has 0 heterocycles. The summed E-state index contributed by atoms with van der Waals surface area (Å²) in [5.74, 6) is -0.183. The maximum absolute atomic E-state index is 10.7. The molecule has 0 aliphatic rings. The van der Waals surface area contributed by atoms with Gasteiger partial charge in [0, 0.05) is 11.6 Å². The van der Waals surface area contributed by atoms with E-state index in [1.165, 1.54) is 0 Å². The molecule has 0 aromatic heterocycles. The summed E-state index contributed by atoms with van der Waals surface area (Å²) in [4.78, 5) is 0. The lowest BCUT2D eigenvalue weighted by atomic mass is 9.78. The largest absolute Gasteiger partial charge is 0.376 e. The van der Waals surface area contributed by atoms with Crippen molar-refractivity contribution in [1.82, 2.24) is 0 Å². The minimum atomic E-state index is -3.86. The molecule has 0 radical (unpaired) electrons. The van der Waals surface area contributed by atoms with E-state index in [-0.39, 0.29) is 17.3 Å². The van der Waals surface area contributed by atoms with Crippen LogP contribution in [0.25, 0.3) is 0 Å². The van der Waals surface area contributed by atoms with Crippen molar-refractivity contribution in [2.75, 3.05) is 12.9 Å². The van der Waals surface area contributed by atoms with Gasteiger partial charge in [0.05, 0.1) is 11.9 Å². The maximum atomic E-state index is 10.7. The molecule has 0 amide bonds. The molecule has 0 saturated heterocycles. The van der Waals surface area contributed by atoms with Crippen LogP contribution in [0.5, 0.6) is 0 Å². The van der Waals surface area contributed by atoms with Crippen molar-refractivity contribution in [2.24, 2.45) is 5.41 Å². The van der Waals surface area contributed by atoms with Gasteiger partial charge in [0.15, 0.2) is 0 Å². The fraction of sp³-hybridized carbons (Fsp3) is 0.600. The lowest BCUT2D eigenvalue weighted by Crippen LogP contribution is -2.24. The second-order valence-corrected chi connectivity index (χ2v) is 8.39. The minimum Gasteiger partial charge on any atom is -0.376 e. The van der Waals surface area contributed by atoms with Crippen LogP contribution in [-0.2, 0) is 14.9 Å². The molecule has 1 unspecified atom stereocenters. The lowest BCUT2D eigenvalue weighted by molar-refractivity contribution is -0.000800. The number of hydrogen-bond acceptors (Lipinski definition) is 3. The third-order valence-electron chi connectivity index (χ3n) is 3.57. The summed E-state index contributed by atoms with van der Waals surface area (Å²) < 4.78 is 36.9. The van der Waals surface area contributed by atoms with Crippen molar-refractivity contribution in [3.8, 4) is 0 Å². The van der Waals surface area contributed by atoms with Crippen molar-refractivity contribution < 1.29 is 17.7 Å². The van der Waals surface area contributed by atoms with Gasteiger partial charge in [-0.1, -0.05) is 48.3 Å². The molecule has 1 aromatic carbocycles. The molecular weight excluding hydrogens is 356 g/mol. The molecule has 21 heavy (non-hydrogen) atoms. The molecule has 120 valence electrons. The Kier molecular flexibility index (Phi) is 6.84. The number of ether oxygens (including phenoxy) is 1. The summed E-state index contributed by atoms with van der Waals surface area (Å²) in [5, 5.41) is 0. The summed E-state index contributed by atoms with van der Waals surface area (Å²) in [6, 6.07) is 8.00. The summed E-state index contributed by atoms with van der Waals surface area (Å²) in [6.45, 7) is 4.21. The molecule has 0 aliphatic carbocycles. The molecule has 4 nitrogen and oxygen atoms in total. The zero-order valence-electron chi connectivity index (χ0n) is 12.7. The molecule has 1 atom stereocenters. The number of hydrogen-bond donors (Lipinski definition) is 1. The second-order valence-electron chi connectivity index (χ2n) is 5.90. The number of rotatable bonds is 8. The lowest BCUT2D eigenvalue weighted by Gasteiger charge is -2.34. The monoisotopic (exact) mass is 378 g/mol. The first-order valence-electron chi connectivity index (χ1n) is 6.89. The van der Waals surface area contributed by atoms with Crippen LogP contribution in [0.1, 0.15) is 44.8 Å². The standard InChI is InChI=1S/C15H23BrO4S/c1-15(2,9-4-5-10-21(17,18)19)14(20-3)12-7-6-8-13(16)11-12/h6-8,11,14H,4-5,9-10H2,1-3H3,(H,17,18,19). The number of benzene rings is 1. The Morgan fingerprint density at radius 3 is 2.52 bits per heavy atom. The third kappa shape index (κ3) is 6.46. The van der Waals surface area contributed by atoms with Crippen molar-refractivity contribution >= 4 is 26.0 Å².